The van der Waals surface area contributed by atoms with Crippen LogP contribution in [0.25, 0.3) is 5.57 Å². The Morgan fingerprint density at radius 1 is 1.60 bits per heavy atom. The molecule has 0 radical (unpaired) electrons. The molecule has 0 spiro atoms. The molecule has 4 heteroatoms. The van der Waals surface area contributed by atoms with Gasteiger partial charge in [-0.2, -0.15) is 0 Å². The van der Waals surface area contributed by atoms with Crippen molar-refractivity contribution in [3.63, 3.8) is 0 Å². The molecule has 2 rings (SSSR count). The van der Waals surface area contributed by atoms with E-state index < -0.39 is 17.8 Å². The summed E-state index contributed by atoms with van der Waals surface area (Å²) in [5.41, 5.74) is 6.81. The van der Waals surface area contributed by atoms with Crippen LogP contribution >= 0.6 is 0 Å². The second-order valence-electron chi connectivity index (χ2n) is 3.52. The van der Waals surface area contributed by atoms with Crippen LogP contribution in [0.4, 0.5) is 4.39 Å². The van der Waals surface area contributed by atoms with E-state index in [0.29, 0.717) is 17.6 Å². The molecular formula is C11H10FNO2. The predicted molar refractivity (Wildman–Crippen MR) is 53.3 cm³/mol. The number of hydrogen-bond donors (Lipinski definition) is 2. The molecule has 1 unspecified atom stereocenters. The number of hydrogen-bond acceptors (Lipinski definition) is 2. The zero-order valence-electron chi connectivity index (χ0n) is 7.90. The molecule has 1 atom stereocenters. The van der Waals surface area contributed by atoms with Crippen LogP contribution in [0.5, 0.6) is 0 Å². The molecule has 1 aromatic rings. The summed E-state index contributed by atoms with van der Waals surface area (Å²) >= 11 is 0. The summed E-state index contributed by atoms with van der Waals surface area (Å²) < 4.78 is 13.0. The van der Waals surface area contributed by atoms with Crippen LogP contribution in [0.2, 0.25) is 0 Å². The number of carbonyl (C=O) groups is 1. The summed E-state index contributed by atoms with van der Waals surface area (Å²) in [6, 6.07) is 4.24. The normalized spacial score (nSPS) is 21.7. The van der Waals surface area contributed by atoms with E-state index in [2.05, 4.69) is 0 Å². The Bertz CT molecular complexity index is 454. The number of fused-ring (bicyclic) bond motifs is 1. The molecule has 0 saturated carbocycles. The number of halogens is 1. The van der Waals surface area contributed by atoms with E-state index in [1.165, 1.54) is 12.1 Å². The molecule has 1 aliphatic carbocycles. The third-order valence-electron chi connectivity index (χ3n) is 2.45. The zero-order valence-corrected chi connectivity index (χ0v) is 7.90. The summed E-state index contributed by atoms with van der Waals surface area (Å²) in [6.07, 6.45) is 0.777. The molecule has 1 aliphatic rings. The largest absolute Gasteiger partial charge is 0.388 e. The summed E-state index contributed by atoms with van der Waals surface area (Å²) in [5, 5.41) is 9.65. The fraction of sp³-hybridized carbons (Fsp3) is 0.182. The van der Waals surface area contributed by atoms with Gasteiger partial charge in [-0.3, -0.25) is 4.79 Å². The highest BCUT2D eigenvalue weighted by atomic mass is 19.1. The van der Waals surface area contributed by atoms with E-state index in [-0.39, 0.29) is 0 Å². The average molecular weight is 207 g/mol. The van der Waals surface area contributed by atoms with Crippen molar-refractivity contribution in [2.45, 2.75) is 12.5 Å². The van der Waals surface area contributed by atoms with E-state index in [9.17, 15) is 14.3 Å². The van der Waals surface area contributed by atoms with Crippen LogP contribution in [0.15, 0.2) is 24.3 Å². The summed E-state index contributed by atoms with van der Waals surface area (Å²) in [5.74, 6) is -1.03. The lowest BCUT2D eigenvalue weighted by molar-refractivity contribution is -0.113. The lowest BCUT2D eigenvalue weighted by atomic mass is 10.1. The van der Waals surface area contributed by atoms with Crippen molar-refractivity contribution in [1.29, 1.82) is 0 Å². The van der Waals surface area contributed by atoms with Gasteiger partial charge in [-0.1, -0.05) is 6.07 Å². The third-order valence-corrected chi connectivity index (χ3v) is 2.45. The number of nitrogens with two attached hydrogens (primary N) is 1. The van der Waals surface area contributed by atoms with Crippen LogP contribution in [0, 0.1) is 5.82 Å². The van der Waals surface area contributed by atoms with Gasteiger partial charge < -0.3 is 10.8 Å². The van der Waals surface area contributed by atoms with Gasteiger partial charge in [-0.25, -0.2) is 4.39 Å². The van der Waals surface area contributed by atoms with Crippen molar-refractivity contribution in [2.24, 2.45) is 5.73 Å². The van der Waals surface area contributed by atoms with Crippen LogP contribution in [0.1, 0.15) is 11.1 Å². The Hall–Kier alpha value is -1.68. The van der Waals surface area contributed by atoms with Crippen molar-refractivity contribution in [2.75, 3.05) is 0 Å². The number of aliphatic hydroxyl groups is 1. The van der Waals surface area contributed by atoms with Crippen molar-refractivity contribution >= 4 is 11.5 Å². The average Bonchev–Trinajstić information content (AvgIpc) is 2.43. The number of primary amides is 1. The van der Waals surface area contributed by atoms with Gasteiger partial charge in [0.15, 0.2) is 0 Å². The zero-order chi connectivity index (χ0) is 11.0. The van der Waals surface area contributed by atoms with Crippen molar-refractivity contribution in [3.8, 4) is 0 Å². The summed E-state index contributed by atoms with van der Waals surface area (Å²) in [7, 11) is 0. The second kappa shape index (κ2) is 3.47. The fourth-order valence-electron chi connectivity index (χ4n) is 1.82. The number of benzene rings is 1. The van der Waals surface area contributed by atoms with Gasteiger partial charge in [0.05, 0.1) is 6.10 Å². The molecule has 0 bridgehead atoms. The molecule has 0 aromatic heterocycles. The number of rotatable bonds is 1. The van der Waals surface area contributed by atoms with Crippen LogP contribution < -0.4 is 5.73 Å². The number of amides is 1. The molecule has 0 heterocycles. The third kappa shape index (κ3) is 1.76. The molecule has 0 aliphatic heterocycles. The van der Waals surface area contributed by atoms with Crippen molar-refractivity contribution < 1.29 is 14.3 Å². The first kappa shape index (κ1) is 9.86. The molecule has 3 nitrogen and oxygen atoms in total. The molecule has 3 N–H and O–H groups in total. The van der Waals surface area contributed by atoms with E-state index >= 15 is 0 Å². The van der Waals surface area contributed by atoms with Gasteiger partial charge >= 0.3 is 0 Å². The van der Waals surface area contributed by atoms with E-state index in [1.807, 2.05) is 0 Å². The number of aliphatic hydroxyl groups excluding tert-OH is 1. The first-order valence-electron chi connectivity index (χ1n) is 4.56. The first-order chi connectivity index (χ1) is 7.08. The van der Waals surface area contributed by atoms with Crippen LogP contribution in [0.3, 0.4) is 0 Å². The smallest absolute Gasteiger partial charge is 0.241 e. The molecule has 1 aromatic carbocycles. The molecule has 78 valence electrons. The standard InChI is InChI=1S/C11H10FNO2/c12-7-2-1-6-3-10(14)9(5-11(13)15)8(6)4-7/h1-2,4-5,10,14H,3H2,(H2,13,15)/b9-5+. The van der Waals surface area contributed by atoms with Crippen molar-refractivity contribution in [3.05, 3.63) is 41.2 Å². The summed E-state index contributed by atoms with van der Waals surface area (Å²) in [6.45, 7) is 0. The molecule has 0 fully saturated rings. The minimum absolute atomic E-state index is 0.391. The van der Waals surface area contributed by atoms with Gasteiger partial charge in [0.1, 0.15) is 5.82 Å². The Labute approximate surface area is 86.0 Å². The SMILES string of the molecule is NC(=O)/C=C1\c2cc(F)ccc2CC1O. The highest BCUT2D eigenvalue weighted by Gasteiger charge is 2.25. The van der Waals surface area contributed by atoms with Crippen LogP contribution in [-0.4, -0.2) is 17.1 Å². The maximum absolute atomic E-state index is 13.0. The number of carbonyl (C=O) groups excluding carboxylic acids is 1. The van der Waals surface area contributed by atoms with E-state index in [4.69, 9.17) is 5.73 Å². The fourth-order valence-corrected chi connectivity index (χ4v) is 1.82. The van der Waals surface area contributed by atoms with Crippen molar-refractivity contribution in [1.82, 2.24) is 0 Å². The van der Waals surface area contributed by atoms with Crippen LogP contribution in [-0.2, 0) is 11.2 Å². The Kier molecular flexibility index (Phi) is 2.28. The monoisotopic (exact) mass is 207 g/mol. The first-order valence-corrected chi connectivity index (χ1v) is 4.56. The van der Waals surface area contributed by atoms with Gasteiger partial charge in [0.2, 0.25) is 5.91 Å². The molecule has 1 amide bonds. The van der Waals surface area contributed by atoms with E-state index in [0.717, 1.165) is 11.6 Å². The Balaban J connectivity index is 2.53. The van der Waals surface area contributed by atoms with Gasteiger partial charge in [0, 0.05) is 12.5 Å². The predicted octanol–water partition coefficient (Wildman–Crippen LogP) is 0.611. The lowest BCUT2D eigenvalue weighted by Gasteiger charge is -2.03. The second-order valence-corrected chi connectivity index (χ2v) is 3.52. The summed E-state index contributed by atoms with van der Waals surface area (Å²) in [4.78, 5) is 10.7. The highest BCUT2D eigenvalue weighted by Crippen LogP contribution is 2.32. The van der Waals surface area contributed by atoms with Gasteiger partial charge in [-0.05, 0) is 28.8 Å². The Morgan fingerprint density at radius 3 is 3.00 bits per heavy atom. The quantitative estimate of drug-likeness (QED) is 0.663. The molecule has 15 heavy (non-hydrogen) atoms. The Morgan fingerprint density at radius 2 is 2.33 bits per heavy atom. The van der Waals surface area contributed by atoms with Gasteiger partial charge in [0.25, 0.3) is 0 Å². The maximum Gasteiger partial charge on any atom is 0.241 e. The minimum Gasteiger partial charge on any atom is -0.388 e. The van der Waals surface area contributed by atoms with Gasteiger partial charge in [-0.15, -0.1) is 0 Å². The molecular weight excluding hydrogens is 197 g/mol. The van der Waals surface area contributed by atoms with E-state index in [1.54, 1.807) is 6.07 Å². The topological polar surface area (TPSA) is 63.3 Å². The minimum atomic E-state index is -0.769. The highest BCUT2D eigenvalue weighted by molar-refractivity contribution is 5.96. The lowest BCUT2D eigenvalue weighted by Crippen LogP contribution is -2.11. The molecule has 0 saturated heterocycles. The maximum atomic E-state index is 13.0.